The van der Waals surface area contributed by atoms with E-state index in [9.17, 15) is 0 Å². The normalized spacial score (nSPS) is 10.3. The molecule has 0 amide bonds. The molecule has 2 N–H and O–H groups in total. The number of thiocarbonyl (C=S) groups is 1. The molecule has 1 aromatic carbocycles. The quantitative estimate of drug-likeness (QED) is 0.871. The fourth-order valence-corrected chi connectivity index (χ4v) is 2.04. The minimum atomic E-state index is 0.232. The Hall–Kier alpha value is -1.53. The predicted molar refractivity (Wildman–Crippen MR) is 81.6 cm³/mol. The largest absolute Gasteiger partial charge is 0.437 e. The maximum atomic E-state index is 5.73. The molecule has 4 nitrogen and oxygen atoms in total. The van der Waals surface area contributed by atoms with Crippen molar-refractivity contribution in [2.24, 2.45) is 5.73 Å². The SMILES string of the molecule is Cc1cc(Oc2nnccc2C(N)=S)cc(C)c1Br. The molecule has 2 aromatic rings. The molecule has 0 radical (unpaired) electrons. The van der Waals surface area contributed by atoms with E-state index in [1.807, 2.05) is 26.0 Å². The van der Waals surface area contributed by atoms with Crippen LogP contribution in [-0.2, 0) is 0 Å². The minimum Gasteiger partial charge on any atom is -0.437 e. The fraction of sp³-hybridized carbons (Fsp3) is 0.154. The van der Waals surface area contributed by atoms with E-state index >= 15 is 0 Å². The van der Waals surface area contributed by atoms with Crippen LogP contribution in [0.25, 0.3) is 0 Å². The number of nitrogens with two attached hydrogens (primary N) is 1. The summed E-state index contributed by atoms with van der Waals surface area (Å²) in [4.78, 5) is 0.232. The number of ether oxygens (including phenoxy) is 1. The number of halogens is 1. The van der Waals surface area contributed by atoms with Crippen molar-refractivity contribution in [3.63, 3.8) is 0 Å². The maximum Gasteiger partial charge on any atom is 0.249 e. The molecule has 0 bridgehead atoms. The Labute approximate surface area is 125 Å². The van der Waals surface area contributed by atoms with Crippen LogP contribution in [0, 0.1) is 13.8 Å². The zero-order valence-electron chi connectivity index (χ0n) is 10.5. The Morgan fingerprint density at radius 2 is 1.95 bits per heavy atom. The van der Waals surface area contributed by atoms with E-state index in [1.54, 1.807) is 6.07 Å². The van der Waals surface area contributed by atoms with Crippen molar-refractivity contribution in [1.82, 2.24) is 10.2 Å². The zero-order chi connectivity index (χ0) is 14.0. The second-order valence-electron chi connectivity index (χ2n) is 4.09. The lowest BCUT2D eigenvalue weighted by Crippen LogP contribution is -2.12. The van der Waals surface area contributed by atoms with Gasteiger partial charge in [0.25, 0.3) is 0 Å². The van der Waals surface area contributed by atoms with Crippen LogP contribution in [0.3, 0.4) is 0 Å². The highest BCUT2D eigenvalue weighted by Crippen LogP contribution is 2.29. The lowest BCUT2D eigenvalue weighted by atomic mass is 10.1. The Morgan fingerprint density at radius 1 is 1.32 bits per heavy atom. The van der Waals surface area contributed by atoms with E-state index in [2.05, 4.69) is 26.1 Å². The van der Waals surface area contributed by atoms with Crippen molar-refractivity contribution in [1.29, 1.82) is 0 Å². The van der Waals surface area contributed by atoms with Gasteiger partial charge in [0.05, 0.1) is 11.8 Å². The lowest BCUT2D eigenvalue weighted by molar-refractivity contribution is 0.453. The van der Waals surface area contributed by atoms with Crippen molar-refractivity contribution in [3.8, 4) is 11.6 Å². The second kappa shape index (κ2) is 5.63. The Balaban J connectivity index is 2.39. The van der Waals surface area contributed by atoms with Crippen LogP contribution < -0.4 is 10.5 Å². The number of aryl methyl sites for hydroxylation is 2. The fourth-order valence-electron chi connectivity index (χ4n) is 1.66. The summed E-state index contributed by atoms with van der Waals surface area (Å²) in [6.45, 7) is 3.99. The molecule has 0 fully saturated rings. The molecule has 0 saturated carbocycles. The highest BCUT2D eigenvalue weighted by Gasteiger charge is 2.11. The van der Waals surface area contributed by atoms with Gasteiger partial charge in [0.1, 0.15) is 10.7 Å². The molecule has 0 aliphatic heterocycles. The van der Waals surface area contributed by atoms with Gasteiger partial charge in [-0.1, -0.05) is 28.1 Å². The number of benzene rings is 1. The van der Waals surface area contributed by atoms with Gasteiger partial charge in [0.2, 0.25) is 5.88 Å². The van der Waals surface area contributed by atoms with Crippen LogP contribution in [0.4, 0.5) is 0 Å². The lowest BCUT2D eigenvalue weighted by Gasteiger charge is -2.10. The number of nitrogens with zero attached hydrogens (tertiary/aromatic N) is 2. The van der Waals surface area contributed by atoms with Gasteiger partial charge in [0, 0.05) is 4.47 Å². The van der Waals surface area contributed by atoms with E-state index in [4.69, 9.17) is 22.7 Å². The van der Waals surface area contributed by atoms with Crippen molar-refractivity contribution in [2.45, 2.75) is 13.8 Å². The molecular weight excluding hydrogens is 326 g/mol. The molecule has 0 saturated heterocycles. The van der Waals surface area contributed by atoms with Crippen LogP contribution in [0.15, 0.2) is 28.9 Å². The average Bonchev–Trinajstić information content (AvgIpc) is 2.36. The Bertz CT molecular complexity index is 623. The number of hydrogen-bond acceptors (Lipinski definition) is 4. The first kappa shape index (κ1) is 13.9. The smallest absolute Gasteiger partial charge is 0.249 e. The van der Waals surface area contributed by atoms with E-state index in [0.29, 0.717) is 17.2 Å². The van der Waals surface area contributed by atoms with E-state index in [-0.39, 0.29) is 4.99 Å². The molecule has 0 unspecified atom stereocenters. The van der Waals surface area contributed by atoms with Crippen LogP contribution in [0.1, 0.15) is 16.7 Å². The average molecular weight is 338 g/mol. The molecule has 6 heteroatoms. The van der Waals surface area contributed by atoms with Gasteiger partial charge in [0.15, 0.2) is 0 Å². The number of aromatic nitrogens is 2. The van der Waals surface area contributed by atoms with Crippen molar-refractivity contribution in [2.75, 3.05) is 0 Å². The van der Waals surface area contributed by atoms with Gasteiger partial charge in [-0.25, -0.2) is 0 Å². The number of rotatable bonds is 3. The first-order valence-corrected chi connectivity index (χ1v) is 6.75. The highest BCUT2D eigenvalue weighted by molar-refractivity contribution is 9.10. The summed E-state index contributed by atoms with van der Waals surface area (Å²) >= 11 is 8.47. The monoisotopic (exact) mass is 337 g/mol. The summed E-state index contributed by atoms with van der Waals surface area (Å²) < 4.78 is 6.79. The molecule has 0 spiro atoms. The van der Waals surface area contributed by atoms with E-state index < -0.39 is 0 Å². The summed E-state index contributed by atoms with van der Waals surface area (Å²) in [5.41, 5.74) is 8.36. The standard InChI is InChI=1S/C13H12BrN3OS/c1-7-5-9(6-8(2)11(7)14)18-13-10(12(15)19)3-4-16-17-13/h3-6H,1-2H3,(H2,15,19). The van der Waals surface area contributed by atoms with Gasteiger partial charge in [-0.2, -0.15) is 5.10 Å². The second-order valence-corrected chi connectivity index (χ2v) is 5.32. The van der Waals surface area contributed by atoms with Crippen LogP contribution in [0.2, 0.25) is 0 Å². The third kappa shape index (κ3) is 3.08. The maximum absolute atomic E-state index is 5.73. The summed E-state index contributed by atoms with van der Waals surface area (Å²) in [7, 11) is 0. The van der Waals surface area contributed by atoms with E-state index in [1.165, 1.54) is 6.20 Å². The Kier molecular flexibility index (Phi) is 4.11. The molecule has 1 aromatic heterocycles. The van der Waals surface area contributed by atoms with Crippen LogP contribution in [0.5, 0.6) is 11.6 Å². The summed E-state index contributed by atoms with van der Waals surface area (Å²) in [6.07, 6.45) is 1.53. The zero-order valence-corrected chi connectivity index (χ0v) is 12.9. The molecule has 2 rings (SSSR count). The number of hydrogen-bond donors (Lipinski definition) is 1. The first-order chi connectivity index (χ1) is 8.99. The van der Waals surface area contributed by atoms with Gasteiger partial charge in [-0.3, -0.25) is 0 Å². The van der Waals surface area contributed by atoms with Gasteiger partial charge in [-0.15, -0.1) is 5.10 Å². The molecular formula is C13H12BrN3OS. The third-order valence-corrected chi connectivity index (χ3v) is 4.05. The van der Waals surface area contributed by atoms with Gasteiger partial charge in [-0.05, 0) is 43.2 Å². The molecule has 0 aliphatic rings. The highest BCUT2D eigenvalue weighted by atomic mass is 79.9. The van der Waals surface area contributed by atoms with Crippen LogP contribution >= 0.6 is 28.1 Å². The van der Waals surface area contributed by atoms with Crippen molar-refractivity contribution < 1.29 is 4.74 Å². The van der Waals surface area contributed by atoms with Gasteiger partial charge >= 0.3 is 0 Å². The summed E-state index contributed by atoms with van der Waals surface area (Å²) in [5.74, 6) is 0.993. The summed E-state index contributed by atoms with van der Waals surface area (Å²) in [5, 5.41) is 7.71. The molecule has 19 heavy (non-hydrogen) atoms. The van der Waals surface area contributed by atoms with Crippen molar-refractivity contribution >= 4 is 33.1 Å². The van der Waals surface area contributed by atoms with Crippen molar-refractivity contribution in [3.05, 3.63) is 45.6 Å². The molecule has 0 atom stereocenters. The molecule has 98 valence electrons. The third-order valence-electron chi connectivity index (χ3n) is 2.58. The topological polar surface area (TPSA) is 61.0 Å². The molecule has 0 aliphatic carbocycles. The predicted octanol–water partition coefficient (Wildman–Crippen LogP) is 3.28. The molecule has 1 heterocycles. The van der Waals surface area contributed by atoms with Gasteiger partial charge < -0.3 is 10.5 Å². The minimum absolute atomic E-state index is 0.232. The van der Waals surface area contributed by atoms with Crippen LogP contribution in [-0.4, -0.2) is 15.2 Å². The van der Waals surface area contributed by atoms with E-state index in [0.717, 1.165) is 15.6 Å². The Morgan fingerprint density at radius 3 is 2.53 bits per heavy atom. The first-order valence-electron chi connectivity index (χ1n) is 5.55. The summed E-state index contributed by atoms with van der Waals surface area (Å²) in [6, 6.07) is 5.51.